The first-order valence-electron chi connectivity index (χ1n) is 7.46. The van der Waals surface area contributed by atoms with Gasteiger partial charge in [-0.1, -0.05) is 6.07 Å². The summed E-state index contributed by atoms with van der Waals surface area (Å²) in [5.41, 5.74) is 1.25. The second-order valence-corrected chi connectivity index (χ2v) is 6.34. The summed E-state index contributed by atoms with van der Waals surface area (Å²) in [6.07, 6.45) is 4.46. The SMILES string of the molecule is CSCCc1nc(-c2ccc(=O)n(C)c2)n(-c2cccc(F)c2)n1. The predicted octanol–water partition coefficient (Wildman–Crippen LogP) is 2.68. The number of hydrogen-bond acceptors (Lipinski definition) is 4. The molecule has 0 bridgehead atoms. The molecule has 5 nitrogen and oxygen atoms in total. The van der Waals surface area contributed by atoms with Gasteiger partial charge in [0.05, 0.1) is 5.69 Å². The number of aryl methyl sites for hydroxylation is 2. The molecule has 3 rings (SSSR count). The fraction of sp³-hybridized carbons (Fsp3) is 0.235. The highest BCUT2D eigenvalue weighted by molar-refractivity contribution is 7.98. The topological polar surface area (TPSA) is 52.7 Å². The van der Waals surface area contributed by atoms with Crippen LogP contribution in [0, 0.1) is 5.82 Å². The van der Waals surface area contributed by atoms with E-state index in [9.17, 15) is 9.18 Å². The van der Waals surface area contributed by atoms with Gasteiger partial charge in [-0.3, -0.25) is 4.79 Å². The molecule has 1 aromatic carbocycles. The van der Waals surface area contributed by atoms with Crippen molar-refractivity contribution in [3.05, 3.63) is 64.6 Å². The number of aromatic nitrogens is 4. The Morgan fingerprint density at radius 2 is 2.08 bits per heavy atom. The Labute approximate surface area is 143 Å². The Kier molecular flexibility index (Phi) is 4.80. The molecule has 0 N–H and O–H groups in total. The molecule has 0 aliphatic heterocycles. The van der Waals surface area contributed by atoms with Gasteiger partial charge in [0.1, 0.15) is 5.82 Å². The van der Waals surface area contributed by atoms with Crippen molar-refractivity contribution in [2.24, 2.45) is 7.05 Å². The Hall–Kier alpha value is -2.41. The number of hydrogen-bond donors (Lipinski definition) is 0. The van der Waals surface area contributed by atoms with Crippen LogP contribution in [0.3, 0.4) is 0 Å². The van der Waals surface area contributed by atoms with Crippen LogP contribution < -0.4 is 5.56 Å². The van der Waals surface area contributed by atoms with Gasteiger partial charge >= 0.3 is 0 Å². The fourth-order valence-electron chi connectivity index (χ4n) is 2.35. The molecule has 7 heteroatoms. The summed E-state index contributed by atoms with van der Waals surface area (Å²) in [6, 6.07) is 9.42. The molecule has 0 unspecified atom stereocenters. The van der Waals surface area contributed by atoms with Crippen LogP contribution in [0.4, 0.5) is 4.39 Å². The van der Waals surface area contributed by atoms with Crippen LogP contribution in [0.25, 0.3) is 17.1 Å². The molecule has 0 saturated carbocycles. The van der Waals surface area contributed by atoms with E-state index in [1.54, 1.807) is 47.9 Å². The summed E-state index contributed by atoms with van der Waals surface area (Å²) in [5.74, 6) is 1.85. The standard InChI is InChI=1S/C17H17FN4OS/c1-21-11-12(6-7-16(21)23)17-19-15(8-9-24-2)20-22(17)14-5-3-4-13(18)10-14/h3-7,10-11H,8-9H2,1-2H3. The third-order valence-corrected chi connectivity index (χ3v) is 4.19. The van der Waals surface area contributed by atoms with Gasteiger partial charge in [0.15, 0.2) is 11.6 Å². The van der Waals surface area contributed by atoms with Gasteiger partial charge < -0.3 is 4.57 Å². The largest absolute Gasteiger partial charge is 0.318 e. The maximum atomic E-state index is 13.6. The molecule has 0 fully saturated rings. The fourth-order valence-corrected chi connectivity index (χ4v) is 2.74. The summed E-state index contributed by atoms with van der Waals surface area (Å²) in [4.78, 5) is 16.2. The number of pyridine rings is 1. The monoisotopic (exact) mass is 344 g/mol. The van der Waals surface area contributed by atoms with Crippen molar-refractivity contribution in [3.8, 4) is 17.1 Å². The van der Waals surface area contributed by atoms with E-state index in [4.69, 9.17) is 0 Å². The molecule has 0 aliphatic carbocycles. The van der Waals surface area contributed by atoms with Crippen LogP contribution >= 0.6 is 11.8 Å². The molecular formula is C17H17FN4OS. The molecule has 0 spiro atoms. The van der Waals surface area contributed by atoms with E-state index in [0.29, 0.717) is 17.3 Å². The number of benzene rings is 1. The molecule has 0 radical (unpaired) electrons. The summed E-state index contributed by atoms with van der Waals surface area (Å²) in [7, 11) is 1.68. The normalized spacial score (nSPS) is 11.0. The second-order valence-electron chi connectivity index (χ2n) is 5.35. The Morgan fingerprint density at radius 3 is 2.79 bits per heavy atom. The summed E-state index contributed by atoms with van der Waals surface area (Å²) in [6.45, 7) is 0. The minimum Gasteiger partial charge on any atom is -0.318 e. The first kappa shape index (κ1) is 16.4. The quantitative estimate of drug-likeness (QED) is 0.714. The van der Waals surface area contributed by atoms with Gasteiger partial charge in [0.25, 0.3) is 0 Å². The van der Waals surface area contributed by atoms with E-state index >= 15 is 0 Å². The molecule has 0 amide bonds. The smallest absolute Gasteiger partial charge is 0.250 e. The van der Waals surface area contributed by atoms with Crippen LogP contribution in [0.15, 0.2) is 47.4 Å². The first-order valence-corrected chi connectivity index (χ1v) is 8.86. The van der Waals surface area contributed by atoms with Crippen LogP contribution in [-0.4, -0.2) is 31.3 Å². The molecule has 0 aliphatic rings. The zero-order valence-corrected chi connectivity index (χ0v) is 14.3. The second kappa shape index (κ2) is 7.00. The summed E-state index contributed by atoms with van der Waals surface area (Å²) >= 11 is 1.72. The van der Waals surface area contributed by atoms with Crippen molar-refractivity contribution in [3.63, 3.8) is 0 Å². The van der Waals surface area contributed by atoms with Crippen LogP contribution in [0.2, 0.25) is 0 Å². The number of thioether (sulfide) groups is 1. The van der Waals surface area contributed by atoms with E-state index in [1.165, 1.54) is 22.8 Å². The lowest BCUT2D eigenvalue weighted by Gasteiger charge is -2.07. The molecule has 124 valence electrons. The third-order valence-electron chi connectivity index (χ3n) is 3.58. The van der Waals surface area contributed by atoms with E-state index in [0.717, 1.165) is 17.7 Å². The van der Waals surface area contributed by atoms with Crippen LogP contribution in [-0.2, 0) is 13.5 Å². The molecule has 2 heterocycles. The van der Waals surface area contributed by atoms with Crippen LogP contribution in [0.5, 0.6) is 0 Å². The van der Waals surface area contributed by atoms with Crippen molar-refractivity contribution < 1.29 is 4.39 Å². The van der Waals surface area contributed by atoms with Gasteiger partial charge in [-0.2, -0.15) is 16.9 Å². The highest BCUT2D eigenvalue weighted by Crippen LogP contribution is 2.21. The van der Waals surface area contributed by atoms with Crippen molar-refractivity contribution >= 4 is 11.8 Å². The van der Waals surface area contributed by atoms with Gasteiger partial charge in [-0.05, 0) is 30.5 Å². The molecule has 24 heavy (non-hydrogen) atoms. The maximum Gasteiger partial charge on any atom is 0.250 e. The predicted molar refractivity (Wildman–Crippen MR) is 94.1 cm³/mol. The average molecular weight is 344 g/mol. The van der Waals surface area contributed by atoms with Gasteiger partial charge in [0.2, 0.25) is 5.56 Å². The minimum atomic E-state index is -0.333. The summed E-state index contributed by atoms with van der Waals surface area (Å²) < 4.78 is 16.7. The number of halogens is 1. The first-order chi connectivity index (χ1) is 11.6. The third kappa shape index (κ3) is 3.41. The molecule has 0 atom stereocenters. The zero-order chi connectivity index (χ0) is 17.1. The van der Waals surface area contributed by atoms with Gasteiger partial charge in [-0.15, -0.1) is 0 Å². The average Bonchev–Trinajstić information content (AvgIpc) is 3.00. The van der Waals surface area contributed by atoms with Crippen molar-refractivity contribution in [1.29, 1.82) is 0 Å². The van der Waals surface area contributed by atoms with Gasteiger partial charge in [-0.25, -0.2) is 14.1 Å². The number of nitrogens with zero attached hydrogens (tertiary/aromatic N) is 4. The maximum absolute atomic E-state index is 13.6. The van der Waals surface area contributed by atoms with E-state index < -0.39 is 0 Å². The molecular weight excluding hydrogens is 327 g/mol. The molecule has 3 aromatic rings. The van der Waals surface area contributed by atoms with E-state index in [2.05, 4.69) is 10.1 Å². The van der Waals surface area contributed by atoms with E-state index in [1.807, 2.05) is 6.26 Å². The van der Waals surface area contributed by atoms with Gasteiger partial charge in [0, 0.05) is 37.0 Å². The van der Waals surface area contributed by atoms with Crippen molar-refractivity contribution in [2.75, 3.05) is 12.0 Å². The molecule has 2 aromatic heterocycles. The Morgan fingerprint density at radius 1 is 1.25 bits per heavy atom. The van der Waals surface area contributed by atoms with Crippen molar-refractivity contribution in [2.45, 2.75) is 6.42 Å². The zero-order valence-electron chi connectivity index (χ0n) is 13.4. The summed E-state index contributed by atoms with van der Waals surface area (Å²) in [5, 5.41) is 4.53. The molecule has 0 saturated heterocycles. The highest BCUT2D eigenvalue weighted by Gasteiger charge is 2.14. The lowest BCUT2D eigenvalue weighted by atomic mass is 10.2. The van der Waals surface area contributed by atoms with Crippen molar-refractivity contribution in [1.82, 2.24) is 19.3 Å². The number of rotatable bonds is 5. The minimum absolute atomic E-state index is 0.0989. The Bertz CT molecular complexity index is 919. The Balaban J connectivity index is 2.13. The van der Waals surface area contributed by atoms with E-state index in [-0.39, 0.29) is 11.4 Å². The lowest BCUT2D eigenvalue weighted by Crippen LogP contribution is -2.14. The lowest BCUT2D eigenvalue weighted by molar-refractivity contribution is 0.625. The highest BCUT2D eigenvalue weighted by atomic mass is 32.2. The van der Waals surface area contributed by atoms with Crippen LogP contribution in [0.1, 0.15) is 5.82 Å².